The van der Waals surface area contributed by atoms with Crippen molar-refractivity contribution in [3.8, 4) is 22.3 Å². The first-order chi connectivity index (χ1) is 17.2. The van der Waals surface area contributed by atoms with Crippen LogP contribution in [0.4, 0.5) is 0 Å². The third-order valence-corrected chi connectivity index (χ3v) is 10.9. The molecule has 184 valence electrons. The van der Waals surface area contributed by atoms with Crippen LogP contribution in [0.2, 0.25) is 0 Å². The Morgan fingerprint density at radius 1 is 0.583 bits per heavy atom. The number of benzene rings is 4. The van der Waals surface area contributed by atoms with Gasteiger partial charge in [-0.05, 0) is 43.2 Å². The molecule has 0 spiro atoms. The lowest BCUT2D eigenvalue weighted by Gasteiger charge is -2.49. The summed E-state index contributed by atoms with van der Waals surface area (Å²) in [6.45, 7) is 9.11. The lowest BCUT2D eigenvalue weighted by molar-refractivity contribution is -0.120. The van der Waals surface area contributed by atoms with Crippen molar-refractivity contribution >= 4 is 33.6 Å². The van der Waals surface area contributed by atoms with E-state index in [0.717, 1.165) is 0 Å². The molecule has 0 saturated carbocycles. The molecule has 1 unspecified atom stereocenters. The summed E-state index contributed by atoms with van der Waals surface area (Å²) in [5, 5.41) is 2.77. The first-order valence-corrected chi connectivity index (χ1v) is 14.5. The lowest BCUT2D eigenvalue weighted by atomic mass is 9.96. The maximum atomic E-state index is 12.2. The Kier molecular flexibility index (Phi) is 8.24. The van der Waals surface area contributed by atoms with E-state index in [0.29, 0.717) is 18.6 Å². The van der Waals surface area contributed by atoms with Gasteiger partial charge in [0, 0.05) is 12.8 Å². The Morgan fingerprint density at radius 2 is 1.00 bits per heavy atom. The summed E-state index contributed by atoms with van der Waals surface area (Å²) in [4.78, 5) is 12.2. The minimum atomic E-state index is -0.445. The van der Waals surface area contributed by atoms with E-state index in [4.69, 9.17) is 0 Å². The number of ketones is 1. The average molecular weight is 511 g/mol. The number of hydrogen-bond donors (Lipinski definition) is 0. The lowest BCUT2D eigenvalue weighted by Crippen LogP contribution is -2.43. The van der Waals surface area contributed by atoms with Crippen LogP contribution >= 0.6 is 17.2 Å². The molecule has 3 heteroatoms. The molecule has 36 heavy (non-hydrogen) atoms. The van der Waals surface area contributed by atoms with Gasteiger partial charge >= 0.3 is 0 Å². The summed E-state index contributed by atoms with van der Waals surface area (Å²) in [7, 11) is 2.31. The number of carbonyl (C=O) groups is 1. The Balaban J connectivity index is 0.000000197. The molecule has 5 rings (SSSR count). The largest absolute Gasteiger partial charge is 0.300 e. The molecule has 1 nitrogen and oxygen atoms in total. The molecule has 4 aromatic rings. The van der Waals surface area contributed by atoms with Crippen LogP contribution in [0.3, 0.4) is 0 Å². The maximum absolute atomic E-state index is 12.2. The predicted octanol–water partition coefficient (Wildman–Crippen LogP) is 8.23. The zero-order valence-electron chi connectivity index (χ0n) is 21.7. The van der Waals surface area contributed by atoms with Crippen molar-refractivity contribution in [1.82, 2.24) is 0 Å². The minimum Gasteiger partial charge on any atom is -0.300 e. The highest BCUT2D eigenvalue weighted by Gasteiger charge is 2.48. The first-order valence-electron chi connectivity index (χ1n) is 12.6. The van der Waals surface area contributed by atoms with Crippen molar-refractivity contribution in [3.63, 3.8) is 0 Å². The van der Waals surface area contributed by atoms with E-state index in [1.54, 1.807) is 0 Å². The van der Waals surface area contributed by atoms with E-state index < -0.39 is 7.92 Å². The van der Waals surface area contributed by atoms with E-state index in [2.05, 4.69) is 140 Å². The standard InChI is InChI=1S/C21H25OP.C12H11P/c1-20(2)14-17(22)15-21(3,4)23(20)19-13-9-8-12-18(19)16-10-6-5-7-11-16;13-12-9-5-4-8-11(12)10-6-2-1-3-7-10/h5-13H,14-15H2,1-4H3;1-9H,13H2. The number of hydrogen-bond acceptors (Lipinski definition) is 1. The van der Waals surface area contributed by atoms with Crippen LogP contribution in [0, 0.1) is 0 Å². The molecule has 4 aromatic carbocycles. The fraction of sp³-hybridized carbons (Fsp3) is 0.242. The summed E-state index contributed by atoms with van der Waals surface area (Å²) >= 11 is 0. The van der Waals surface area contributed by atoms with E-state index in [1.807, 2.05) is 6.07 Å². The van der Waals surface area contributed by atoms with Crippen LogP contribution in [-0.4, -0.2) is 16.1 Å². The zero-order chi connectivity index (χ0) is 25.8. The third kappa shape index (κ3) is 6.03. The minimum absolute atomic E-state index is 0.0407. The Labute approximate surface area is 220 Å². The Morgan fingerprint density at radius 3 is 1.53 bits per heavy atom. The van der Waals surface area contributed by atoms with Crippen LogP contribution in [0.25, 0.3) is 22.3 Å². The fourth-order valence-electron chi connectivity index (χ4n) is 5.57. The zero-order valence-corrected chi connectivity index (χ0v) is 23.8. The molecule has 0 aromatic heterocycles. The molecular formula is C33H36OP2. The van der Waals surface area contributed by atoms with Crippen molar-refractivity contribution in [3.05, 3.63) is 109 Å². The molecule has 0 N–H and O–H groups in total. The van der Waals surface area contributed by atoms with E-state index in [9.17, 15) is 4.79 Å². The second-order valence-corrected chi connectivity index (χ2v) is 14.9. The smallest absolute Gasteiger partial charge is 0.134 e. The number of carbonyl (C=O) groups excluding carboxylic acids is 1. The van der Waals surface area contributed by atoms with Gasteiger partial charge in [0.25, 0.3) is 0 Å². The molecule has 1 aliphatic rings. The molecule has 0 radical (unpaired) electrons. The SMILES string of the molecule is CC1(C)CC(=O)CC(C)(C)P1c1ccccc1-c1ccccc1.Pc1ccccc1-c1ccccc1. The van der Waals surface area contributed by atoms with E-state index in [-0.39, 0.29) is 10.3 Å². The number of rotatable bonds is 3. The molecule has 1 atom stereocenters. The van der Waals surface area contributed by atoms with Gasteiger partial charge in [-0.25, -0.2) is 0 Å². The van der Waals surface area contributed by atoms with Gasteiger partial charge in [-0.3, -0.25) is 4.79 Å². The summed E-state index contributed by atoms with van der Waals surface area (Å²) in [5.74, 6) is 0.413. The van der Waals surface area contributed by atoms with Crippen LogP contribution in [0.15, 0.2) is 109 Å². The van der Waals surface area contributed by atoms with Gasteiger partial charge in [0.15, 0.2) is 0 Å². The summed E-state index contributed by atoms with van der Waals surface area (Å²) in [6, 6.07) is 38.2. The molecule has 1 heterocycles. The van der Waals surface area contributed by atoms with Crippen LogP contribution in [0.1, 0.15) is 40.5 Å². The Bertz CT molecular complexity index is 1290. The van der Waals surface area contributed by atoms with Gasteiger partial charge in [0.1, 0.15) is 5.78 Å². The maximum Gasteiger partial charge on any atom is 0.134 e. The highest BCUT2D eigenvalue weighted by molar-refractivity contribution is 7.69. The quantitative estimate of drug-likeness (QED) is 0.254. The number of Topliss-reactive ketones (excluding diaryl/α,β-unsaturated/α-hetero) is 1. The van der Waals surface area contributed by atoms with Crippen molar-refractivity contribution in [2.45, 2.75) is 50.8 Å². The normalized spacial score (nSPS) is 16.6. The molecule has 1 saturated heterocycles. The highest BCUT2D eigenvalue weighted by Crippen LogP contribution is 2.65. The van der Waals surface area contributed by atoms with E-state index in [1.165, 1.54) is 32.9 Å². The van der Waals surface area contributed by atoms with Crippen molar-refractivity contribution in [2.24, 2.45) is 0 Å². The molecule has 0 bridgehead atoms. The highest BCUT2D eigenvalue weighted by atomic mass is 31.1. The topological polar surface area (TPSA) is 17.1 Å². The molecule has 0 amide bonds. The predicted molar refractivity (Wildman–Crippen MR) is 162 cm³/mol. The van der Waals surface area contributed by atoms with Crippen LogP contribution < -0.4 is 10.6 Å². The molecule has 0 aliphatic carbocycles. The van der Waals surface area contributed by atoms with Crippen molar-refractivity contribution in [1.29, 1.82) is 0 Å². The summed E-state index contributed by atoms with van der Waals surface area (Å²) in [5.41, 5.74) is 5.16. The average Bonchev–Trinajstić information content (AvgIpc) is 2.84. The van der Waals surface area contributed by atoms with Gasteiger partial charge in [-0.1, -0.05) is 145 Å². The van der Waals surface area contributed by atoms with Gasteiger partial charge in [-0.15, -0.1) is 9.24 Å². The second-order valence-electron chi connectivity index (χ2n) is 10.7. The van der Waals surface area contributed by atoms with Crippen molar-refractivity contribution in [2.75, 3.05) is 0 Å². The first kappa shape index (κ1) is 26.5. The van der Waals surface area contributed by atoms with Gasteiger partial charge in [-0.2, -0.15) is 0 Å². The van der Waals surface area contributed by atoms with E-state index >= 15 is 0 Å². The van der Waals surface area contributed by atoms with Crippen LogP contribution in [0.5, 0.6) is 0 Å². The molecule has 1 aliphatic heterocycles. The fourth-order valence-corrected chi connectivity index (χ4v) is 10.2. The monoisotopic (exact) mass is 510 g/mol. The van der Waals surface area contributed by atoms with Gasteiger partial charge in [0.2, 0.25) is 0 Å². The summed E-state index contributed by atoms with van der Waals surface area (Å²) < 4.78 is 0. The molecule has 1 fully saturated rings. The van der Waals surface area contributed by atoms with Gasteiger partial charge in [0.05, 0.1) is 0 Å². The Hall–Kier alpha value is -2.59. The second kappa shape index (κ2) is 11.2. The van der Waals surface area contributed by atoms with Crippen LogP contribution in [-0.2, 0) is 4.79 Å². The van der Waals surface area contributed by atoms with Gasteiger partial charge < -0.3 is 0 Å². The molecular weight excluding hydrogens is 474 g/mol. The van der Waals surface area contributed by atoms with Crippen molar-refractivity contribution < 1.29 is 4.79 Å². The summed E-state index contributed by atoms with van der Waals surface area (Å²) in [6.07, 6.45) is 1.40. The third-order valence-electron chi connectivity index (χ3n) is 6.75.